The van der Waals surface area contributed by atoms with Crippen molar-refractivity contribution in [3.8, 4) is 0 Å². The summed E-state index contributed by atoms with van der Waals surface area (Å²) < 4.78 is 5.66. The van der Waals surface area contributed by atoms with Crippen molar-refractivity contribution >= 4 is 0 Å². The molecule has 1 unspecified atom stereocenters. The summed E-state index contributed by atoms with van der Waals surface area (Å²) in [4.78, 5) is 18.0. The van der Waals surface area contributed by atoms with E-state index in [9.17, 15) is 4.79 Å². The molecule has 0 radical (unpaired) electrons. The van der Waals surface area contributed by atoms with Gasteiger partial charge in [0.05, 0.1) is 11.3 Å². The van der Waals surface area contributed by atoms with Gasteiger partial charge in [0.1, 0.15) is 0 Å². The van der Waals surface area contributed by atoms with Gasteiger partial charge in [-0.3, -0.25) is 0 Å². The van der Waals surface area contributed by atoms with Crippen LogP contribution in [0.5, 0.6) is 0 Å². The van der Waals surface area contributed by atoms with Gasteiger partial charge in [0.25, 0.3) is 0 Å². The molecule has 4 nitrogen and oxygen atoms in total. The van der Waals surface area contributed by atoms with E-state index in [4.69, 9.17) is 4.74 Å². The van der Waals surface area contributed by atoms with Crippen LogP contribution < -0.4 is 5.69 Å². The largest absolute Gasteiger partial charge is 0.376 e. The maximum absolute atomic E-state index is 11.3. The number of aryl methyl sites for hydroxylation is 1. The van der Waals surface area contributed by atoms with Crippen LogP contribution in [-0.4, -0.2) is 22.2 Å². The average Bonchev–Trinajstić information content (AvgIpc) is 2.14. The van der Waals surface area contributed by atoms with Gasteiger partial charge in [0.15, 0.2) is 0 Å². The molecule has 1 aromatic heterocycles. The fraction of sp³-hybridized carbons (Fsp3) is 0.667. The second kappa shape index (κ2) is 4.01. The number of ether oxygens (including phenoxy) is 1. The van der Waals surface area contributed by atoms with Crippen molar-refractivity contribution in [2.75, 3.05) is 6.61 Å². The summed E-state index contributed by atoms with van der Waals surface area (Å²) in [6.07, 6.45) is 1.86. The predicted octanol–water partition coefficient (Wildman–Crippen LogP) is 1.75. The lowest BCUT2D eigenvalue weighted by Gasteiger charge is -2.35. The second-order valence-corrected chi connectivity index (χ2v) is 5.09. The number of aromatic amines is 1. The van der Waals surface area contributed by atoms with Gasteiger partial charge < -0.3 is 9.72 Å². The van der Waals surface area contributed by atoms with E-state index in [-0.39, 0.29) is 11.3 Å². The van der Waals surface area contributed by atoms with Gasteiger partial charge in [-0.15, -0.1) is 0 Å². The molecule has 1 saturated heterocycles. The molecule has 1 fully saturated rings. The Morgan fingerprint density at radius 2 is 2.31 bits per heavy atom. The molecule has 2 heterocycles. The minimum atomic E-state index is -0.251. The molecule has 0 amide bonds. The van der Waals surface area contributed by atoms with Crippen LogP contribution in [0.3, 0.4) is 0 Å². The number of H-pyrrole nitrogens is 1. The van der Waals surface area contributed by atoms with Crippen LogP contribution in [-0.2, 0) is 4.74 Å². The summed E-state index contributed by atoms with van der Waals surface area (Å²) in [7, 11) is 0. The molecule has 1 aromatic rings. The molecule has 1 aliphatic heterocycles. The van der Waals surface area contributed by atoms with Crippen molar-refractivity contribution in [2.45, 2.75) is 45.1 Å². The van der Waals surface area contributed by atoms with Crippen molar-refractivity contribution < 1.29 is 4.74 Å². The van der Waals surface area contributed by atoms with Crippen LogP contribution in [0.15, 0.2) is 10.9 Å². The first-order chi connectivity index (χ1) is 7.46. The number of hydrogen-bond donors (Lipinski definition) is 1. The molecule has 4 heteroatoms. The van der Waals surface area contributed by atoms with Crippen molar-refractivity contribution in [2.24, 2.45) is 0 Å². The number of nitrogens with zero attached hydrogens (tertiary/aromatic N) is 1. The number of nitrogens with one attached hydrogen (secondary N) is 1. The minimum absolute atomic E-state index is 0.110. The Morgan fingerprint density at radius 1 is 1.56 bits per heavy atom. The van der Waals surface area contributed by atoms with Crippen LogP contribution in [0, 0.1) is 6.92 Å². The highest BCUT2D eigenvalue weighted by molar-refractivity contribution is 5.13. The minimum Gasteiger partial charge on any atom is -0.376 e. The quantitative estimate of drug-likeness (QED) is 0.787. The van der Waals surface area contributed by atoms with Crippen LogP contribution in [0.25, 0.3) is 0 Å². The fourth-order valence-corrected chi connectivity index (χ4v) is 2.30. The zero-order valence-electron chi connectivity index (χ0n) is 10.0. The fourth-order valence-electron chi connectivity index (χ4n) is 2.30. The summed E-state index contributed by atoms with van der Waals surface area (Å²) in [5, 5.41) is 0. The Bertz CT molecular complexity index is 437. The molecule has 16 heavy (non-hydrogen) atoms. The lowest BCUT2D eigenvalue weighted by molar-refractivity contribution is -0.0598. The lowest BCUT2D eigenvalue weighted by Crippen LogP contribution is -2.34. The van der Waals surface area contributed by atoms with E-state index in [1.54, 1.807) is 0 Å². The Balaban J connectivity index is 2.27. The molecule has 0 spiro atoms. The number of aromatic nitrogens is 2. The van der Waals surface area contributed by atoms with Gasteiger partial charge in [0, 0.05) is 18.2 Å². The predicted molar refractivity (Wildman–Crippen MR) is 61.6 cm³/mol. The number of hydrogen-bond acceptors (Lipinski definition) is 3. The van der Waals surface area contributed by atoms with Gasteiger partial charge in [-0.25, -0.2) is 4.79 Å². The molecule has 0 aromatic carbocycles. The second-order valence-electron chi connectivity index (χ2n) is 5.09. The molecule has 0 bridgehead atoms. The Labute approximate surface area is 95.1 Å². The Kier molecular flexibility index (Phi) is 2.84. The summed E-state index contributed by atoms with van der Waals surface area (Å²) >= 11 is 0. The molecular weight excluding hydrogens is 204 g/mol. The van der Waals surface area contributed by atoms with E-state index in [0.29, 0.717) is 5.92 Å². The third-order valence-electron chi connectivity index (χ3n) is 3.01. The Morgan fingerprint density at radius 3 is 2.94 bits per heavy atom. The molecule has 0 aliphatic carbocycles. The maximum atomic E-state index is 11.3. The third kappa shape index (κ3) is 2.50. The molecule has 1 aliphatic rings. The van der Waals surface area contributed by atoms with E-state index < -0.39 is 0 Å². The van der Waals surface area contributed by atoms with E-state index in [1.807, 2.05) is 13.0 Å². The van der Waals surface area contributed by atoms with Gasteiger partial charge >= 0.3 is 5.69 Å². The van der Waals surface area contributed by atoms with E-state index >= 15 is 0 Å². The van der Waals surface area contributed by atoms with Crippen LogP contribution in [0.2, 0.25) is 0 Å². The highest BCUT2D eigenvalue weighted by Crippen LogP contribution is 2.34. The summed E-state index contributed by atoms with van der Waals surface area (Å²) in [5.74, 6) is 0.338. The molecule has 0 saturated carbocycles. The van der Waals surface area contributed by atoms with Crippen molar-refractivity contribution in [3.63, 3.8) is 0 Å². The zero-order valence-corrected chi connectivity index (χ0v) is 10.0. The first-order valence-corrected chi connectivity index (χ1v) is 5.68. The maximum Gasteiger partial charge on any atom is 0.345 e. The SMILES string of the molecule is Cc1cc(C2CCOC(C)(C)C2)nc(=O)[nH]1. The van der Waals surface area contributed by atoms with Gasteiger partial charge in [-0.2, -0.15) is 4.98 Å². The zero-order chi connectivity index (χ0) is 11.8. The van der Waals surface area contributed by atoms with Gasteiger partial charge in [-0.1, -0.05) is 0 Å². The topological polar surface area (TPSA) is 55.0 Å². The van der Waals surface area contributed by atoms with Crippen molar-refractivity contribution in [3.05, 3.63) is 27.9 Å². The highest BCUT2D eigenvalue weighted by Gasteiger charge is 2.30. The van der Waals surface area contributed by atoms with Crippen molar-refractivity contribution in [1.29, 1.82) is 0 Å². The first kappa shape index (κ1) is 11.3. The number of rotatable bonds is 1. The molecular formula is C12H18N2O2. The first-order valence-electron chi connectivity index (χ1n) is 5.68. The van der Waals surface area contributed by atoms with E-state index in [1.165, 1.54) is 0 Å². The van der Waals surface area contributed by atoms with Gasteiger partial charge in [0.2, 0.25) is 0 Å². The smallest absolute Gasteiger partial charge is 0.345 e. The monoisotopic (exact) mass is 222 g/mol. The highest BCUT2D eigenvalue weighted by atomic mass is 16.5. The molecule has 88 valence electrons. The Hall–Kier alpha value is -1.16. The summed E-state index contributed by atoms with van der Waals surface area (Å²) in [6.45, 7) is 6.79. The van der Waals surface area contributed by atoms with Crippen molar-refractivity contribution in [1.82, 2.24) is 9.97 Å². The third-order valence-corrected chi connectivity index (χ3v) is 3.01. The van der Waals surface area contributed by atoms with E-state index in [0.717, 1.165) is 30.8 Å². The average molecular weight is 222 g/mol. The standard InChI is InChI=1S/C12H18N2O2/c1-8-6-10(14-11(15)13-8)9-4-5-16-12(2,3)7-9/h6,9H,4-5,7H2,1-3H3,(H,13,14,15). The summed E-state index contributed by atoms with van der Waals surface area (Å²) in [6, 6.07) is 1.97. The van der Waals surface area contributed by atoms with Crippen LogP contribution in [0.4, 0.5) is 0 Å². The van der Waals surface area contributed by atoms with E-state index in [2.05, 4.69) is 23.8 Å². The lowest BCUT2D eigenvalue weighted by atomic mass is 9.86. The summed E-state index contributed by atoms with van der Waals surface area (Å²) in [5.41, 5.74) is 1.41. The van der Waals surface area contributed by atoms with Crippen LogP contribution >= 0.6 is 0 Å². The van der Waals surface area contributed by atoms with Crippen LogP contribution in [0.1, 0.15) is 44.0 Å². The normalized spacial score (nSPS) is 24.3. The van der Waals surface area contributed by atoms with Gasteiger partial charge in [-0.05, 0) is 39.7 Å². The molecule has 1 N–H and O–H groups in total. The molecule has 2 rings (SSSR count). The molecule has 1 atom stereocenters.